The number of carbonyl (C=O) groups is 1. The van der Waals surface area contributed by atoms with Gasteiger partial charge in [0.1, 0.15) is 12.4 Å². The zero-order valence-electron chi connectivity index (χ0n) is 25.0. The van der Waals surface area contributed by atoms with Crippen molar-refractivity contribution in [3.63, 3.8) is 0 Å². The zero-order valence-corrected chi connectivity index (χ0v) is 25.0. The number of aromatic nitrogens is 3. The molecule has 10 heteroatoms. The number of ether oxygens (including phenoxy) is 1. The number of rotatable bonds is 8. The molecule has 5 heterocycles. The molecule has 1 amide bonds. The first kappa shape index (κ1) is 27.7. The van der Waals surface area contributed by atoms with Crippen molar-refractivity contribution in [1.82, 2.24) is 24.3 Å². The average molecular weight is 581 g/mol. The number of nitrogens with zero attached hydrogens (tertiary/aromatic N) is 8. The van der Waals surface area contributed by atoms with Crippen molar-refractivity contribution in [1.29, 1.82) is 5.26 Å². The van der Waals surface area contributed by atoms with E-state index >= 15 is 0 Å². The van der Waals surface area contributed by atoms with Gasteiger partial charge in [0, 0.05) is 50.4 Å². The lowest BCUT2D eigenvalue weighted by atomic mass is 10.0. The molecule has 10 nitrogen and oxygen atoms in total. The number of fused-ring (bicyclic) bond motifs is 2. The van der Waals surface area contributed by atoms with Crippen LogP contribution in [0.5, 0.6) is 6.01 Å². The van der Waals surface area contributed by atoms with Crippen LogP contribution in [0.2, 0.25) is 0 Å². The molecule has 4 aliphatic rings. The van der Waals surface area contributed by atoms with Crippen molar-refractivity contribution in [3.05, 3.63) is 54.4 Å². The number of para-hydroxylation sites is 1. The van der Waals surface area contributed by atoms with Crippen LogP contribution >= 0.6 is 0 Å². The van der Waals surface area contributed by atoms with Gasteiger partial charge in [-0.3, -0.25) is 9.69 Å². The summed E-state index contributed by atoms with van der Waals surface area (Å²) in [5, 5.41) is 10.8. The number of nitriles is 1. The summed E-state index contributed by atoms with van der Waals surface area (Å²) in [5.41, 5.74) is 4.68. The topological polar surface area (TPSA) is 93.8 Å². The smallest absolute Gasteiger partial charge is 0.318 e. The number of hydrogen-bond acceptors (Lipinski definition) is 8. The quantitative estimate of drug-likeness (QED) is 0.373. The molecule has 3 fully saturated rings. The minimum absolute atomic E-state index is 0.124. The van der Waals surface area contributed by atoms with Gasteiger partial charge in [0.15, 0.2) is 0 Å². The Balaban J connectivity index is 1.21. The monoisotopic (exact) mass is 580 g/mol. The fourth-order valence-electron chi connectivity index (χ4n) is 7.33. The zero-order chi connectivity index (χ0) is 29.6. The van der Waals surface area contributed by atoms with E-state index in [1.807, 2.05) is 0 Å². The van der Waals surface area contributed by atoms with Crippen molar-refractivity contribution < 1.29 is 9.53 Å². The molecule has 224 valence electrons. The fraction of sp³-hybridized carbons (Fsp3) is 0.515. The summed E-state index contributed by atoms with van der Waals surface area (Å²) < 4.78 is 8.66. The third-order valence-corrected chi connectivity index (χ3v) is 9.88. The van der Waals surface area contributed by atoms with Crippen molar-refractivity contribution in [2.75, 3.05) is 55.7 Å². The van der Waals surface area contributed by atoms with Crippen LogP contribution in [0.4, 0.5) is 11.5 Å². The Morgan fingerprint density at radius 2 is 1.98 bits per heavy atom. The Kier molecular flexibility index (Phi) is 7.21. The minimum atomic E-state index is -0.223. The van der Waals surface area contributed by atoms with Gasteiger partial charge >= 0.3 is 6.01 Å². The Morgan fingerprint density at radius 1 is 1.14 bits per heavy atom. The van der Waals surface area contributed by atoms with E-state index in [9.17, 15) is 10.1 Å². The number of benzene rings is 1. The lowest BCUT2D eigenvalue weighted by Gasteiger charge is -2.42. The number of hydrogen-bond donors (Lipinski definition) is 0. The van der Waals surface area contributed by atoms with Crippen LogP contribution in [0.15, 0.2) is 43.1 Å². The normalized spacial score (nSPS) is 21.5. The first-order chi connectivity index (χ1) is 21.0. The van der Waals surface area contributed by atoms with Gasteiger partial charge in [-0.05, 0) is 63.4 Å². The Hall–Kier alpha value is -4.10. The first-order valence-corrected chi connectivity index (χ1v) is 15.6. The van der Waals surface area contributed by atoms with Gasteiger partial charge in [-0.1, -0.05) is 18.7 Å². The standard InChI is InChI=1S/C33H40N8O2/c1-3-29(42)41-20-19-39(21-25(41)9-14-34)31-26-11-18-38(28-8-6-7-24-10-17-37(2)30(24)28)22-27(26)35-32(36-31)43-23-33(12-13-33)40-15-4-5-16-40/h3,6-8,10,17,25H,1,4-5,9,11-13,15-16,18-23H2,2H3/t25-/m0/s1. The summed E-state index contributed by atoms with van der Waals surface area (Å²) in [4.78, 5) is 31.7. The van der Waals surface area contributed by atoms with E-state index in [0.717, 1.165) is 56.0 Å². The number of anilines is 2. The molecule has 3 aliphatic heterocycles. The molecule has 2 saturated heterocycles. The number of piperazine rings is 1. The summed E-state index contributed by atoms with van der Waals surface area (Å²) in [6, 6.07) is 11.1. The summed E-state index contributed by atoms with van der Waals surface area (Å²) in [5.74, 6) is 0.757. The third-order valence-electron chi connectivity index (χ3n) is 9.88. The van der Waals surface area contributed by atoms with Gasteiger partial charge < -0.3 is 24.0 Å². The summed E-state index contributed by atoms with van der Waals surface area (Å²) in [6.45, 7) is 9.78. The van der Waals surface area contributed by atoms with Crippen molar-refractivity contribution >= 4 is 28.3 Å². The number of aryl methyl sites for hydroxylation is 1. The number of carbonyl (C=O) groups excluding carboxylic acids is 1. The highest BCUT2D eigenvalue weighted by atomic mass is 16.5. The molecular weight excluding hydrogens is 540 g/mol. The van der Waals surface area contributed by atoms with E-state index in [-0.39, 0.29) is 23.9 Å². The van der Waals surface area contributed by atoms with Gasteiger partial charge in [0.05, 0.1) is 47.5 Å². The van der Waals surface area contributed by atoms with E-state index in [4.69, 9.17) is 14.7 Å². The predicted octanol–water partition coefficient (Wildman–Crippen LogP) is 3.66. The molecule has 0 bridgehead atoms. The van der Waals surface area contributed by atoms with Crippen molar-refractivity contribution in [2.45, 2.75) is 56.7 Å². The second-order valence-electron chi connectivity index (χ2n) is 12.5. The third kappa shape index (κ3) is 5.10. The average Bonchev–Trinajstić information content (AvgIpc) is 3.41. The van der Waals surface area contributed by atoms with Crippen LogP contribution in [0, 0.1) is 11.3 Å². The van der Waals surface area contributed by atoms with E-state index in [1.165, 1.54) is 35.5 Å². The van der Waals surface area contributed by atoms with Gasteiger partial charge in [-0.2, -0.15) is 15.2 Å². The SMILES string of the molecule is C=CC(=O)N1CCN(c2nc(OCC3(N4CCCC4)CC3)nc3c2CCN(c2cccc4ccn(C)c24)C3)C[C@@H]1CC#N. The summed E-state index contributed by atoms with van der Waals surface area (Å²) in [7, 11) is 2.10. The lowest BCUT2D eigenvalue weighted by Crippen LogP contribution is -2.55. The highest BCUT2D eigenvalue weighted by Gasteiger charge is 2.49. The molecule has 1 saturated carbocycles. The maximum atomic E-state index is 12.6. The molecule has 7 rings (SSSR count). The van der Waals surface area contributed by atoms with Crippen LogP contribution in [-0.4, -0.2) is 87.7 Å². The predicted molar refractivity (Wildman–Crippen MR) is 166 cm³/mol. The Bertz CT molecular complexity index is 1580. The fourth-order valence-corrected chi connectivity index (χ4v) is 7.33. The first-order valence-electron chi connectivity index (χ1n) is 15.6. The maximum Gasteiger partial charge on any atom is 0.318 e. The van der Waals surface area contributed by atoms with Crippen LogP contribution in [0.1, 0.15) is 43.4 Å². The summed E-state index contributed by atoms with van der Waals surface area (Å²) in [6.07, 6.45) is 9.36. The Labute approximate surface area is 253 Å². The summed E-state index contributed by atoms with van der Waals surface area (Å²) >= 11 is 0. The van der Waals surface area contributed by atoms with E-state index in [1.54, 1.807) is 4.90 Å². The van der Waals surface area contributed by atoms with Gasteiger partial charge in [0.2, 0.25) is 5.91 Å². The van der Waals surface area contributed by atoms with Crippen LogP contribution in [0.25, 0.3) is 10.9 Å². The molecule has 1 aromatic carbocycles. The largest absolute Gasteiger partial charge is 0.461 e. The van der Waals surface area contributed by atoms with Crippen LogP contribution in [0.3, 0.4) is 0 Å². The van der Waals surface area contributed by atoms with E-state index in [2.05, 4.69) is 69.4 Å². The molecule has 0 unspecified atom stereocenters. The van der Waals surface area contributed by atoms with E-state index < -0.39 is 0 Å². The van der Waals surface area contributed by atoms with Crippen molar-refractivity contribution in [2.24, 2.45) is 7.05 Å². The van der Waals surface area contributed by atoms with Crippen LogP contribution < -0.4 is 14.5 Å². The molecule has 0 N–H and O–H groups in total. The molecule has 0 spiro atoms. The number of amides is 1. The number of likely N-dealkylation sites (tertiary alicyclic amines) is 1. The highest BCUT2D eigenvalue weighted by molar-refractivity contribution is 5.92. The Morgan fingerprint density at radius 3 is 2.74 bits per heavy atom. The molecule has 1 aliphatic carbocycles. The molecular formula is C33H40N8O2. The van der Waals surface area contributed by atoms with Crippen LogP contribution in [-0.2, 0) is 24.8 Å². The lowest BCUT2D eigenvalue weighted by molar-refractivity contribution is -0.128. The van der Waals surface area contributed by atoms with Gasteiger partial charge in [0.25, 0.3) is 0 Å². The van der Waals surface area contributed by atoms with E-state index in [0.29, 0.717) is 38.8 Å². The van der Waals surface area contributed by atoms with Gasteiger partial charge in [-0.15, -0.1) is 0 Å². The molecule has 1 atom stereocenters. The van der Waals surface area contributed by atoms with Gasteiger partial charge in [-0.25, -0.2) is 0 Å². The maximum absolute atomic E-state index is 12.6. The second-order valence-corrected chi connectivity index (χ2v) is 12.5. The highest BCUT2D eigenvalue weighted by Crippen LogP contribution is 2.44. The van der Waals surface area contributed by atoms with Crippen molar-refractivity contribution in [3.8, 4) is 12.1 Å². The minimum Gasteiger partial charge on any atom is -0.461 e. The molecule has 0 radical (unpaired) electrons. The second kappa shape index (κ2) is 11.2. The molecule has 43 heavy (non-hydrogen) atoms. The molecule has 2 aromatic heterocycles. The molecule has 3 aromatic rings.